The zero-order chi connectivity index (χ0) is 14.7. The maximum Gasteiger partial charge on any atom is 0.261 e. The third kappa shape index (κ3) is 2.79. The number of nitrogens with one attached hydrogen (secondary N) is 1. The number of carbonyl (C=O) groups is 1. The van der Waals surface area contributed by atoms with Crippen LogP contribution in [0.3, 0.4) is 0 Å². The molecule has 1 fully saturated rings. The van der Waals surface area contributed by atoms with Crippen LogP contribution in [-0.4, -0.2) is 28.4 Å². The minimum Gasteiger partial charge on any atom is -0.336 e. The van der Waals surface area contributed by atoms with Crippen molar-refractivity contribution < 1.29 is 4.79 Å². The van der Waals surface area contributed by atoms with Gasteiger partial charge in [0, 0.05) is 18.3 Å². The third-order valence-electron chi connectivity index (χ3n) is 4.14. The molecule has 4 nitrogen and oxygen atoms in total. The van der Waals surface area contributed by atoms with Crippen LogP contribution in [0.25, 0.3) is 0 Å². The molecule has 1 amide bonds. The van der Waals surface area contributed by atoms with Crippen LogP contribution >= 0.6 is 0 Å². The second kappa shape index (κ2) is 6.25. The highest BCUT2D eigenvalue weighted by molar-refractivity contribution is 5.94. The Hall–Kier alpha value is -1.58. The van der Waals surface area contributed by atoms with Crippen LogP contribution in [0.15, 0.2) is 10.9 Å². The Morgan fingerprint density at radius 2 is 2.20 bits per heavy atom. The number of nitrogens with zero attached hydrogens (tertiary/aromatic N) is 1. The molecule has 1 atom stereocenters. The molecule has 0 spiro atoms. The molecular formula is C16H24N2O2. The maximum absolute atomic E-state index is 12.5. The molecule has 1 N–H and O–H groups in total. The number of aromatic amines is 1. The SMILES string of the molecule is CCCc1[nH]c(=O)c(C(=O)N2CCC[C@H]2C)cc1CC. The molecule has 0 bridgehead atoms. The minimum atomic E-state index is -0.241. The summed E-state index contributed by atoms with van der Waals surface area (Å²) in [5, 5.41) is 0. The van der Waals surface area contributed by atoms with Crippen LogP contribution in [0.4, 0.5) is 0 Å². The van der Waals surface area contributed by atoms with E-state index in [0.29, 0.717) is 5.56 Å². The lowest BCUT2D eigenvalue weighted by Crippen LogP contribution is -2.37. The highest BCUT2D eigenvalue weighted by atomic mass is 16.2. The average molecular weight is 276 g/mol. The number of aromatic nitrogens is 1. The Bertz CT molecular complexity index is 548. The summed E-state index contributed by atoms with van der Waals surface area (Å²) in [6, 6.07) is 2.04. The summed E-state index contributed by atoms with van der Waals surface area (Å²) in [6.07, 6.45) is 4.73. The summed E-state index contributed by atoms with van der Waals surface area (Å²) >= 11 is 0. The Balaban J connectivity index is 2.36. The molecule has 1 saturated heterocycles. The Kier molecular flexibility index (Phi) is 4.63. The van der Waals surface area contributed by atoms with Crippen molar-refractivity contribution in [3.63, 3.8) is 0 Å². The molecule has 1 aromatic heterocycles. The van der Waals surface area contributed by atoms with Gasteiger partial charge in [0.2, 0.25) is 0 Å². The van der Waals surface area contributed by atoms with Gasteiger partial charge < -0.3 is 9.88 Å². The van der Waals surface area contributed by atoms with Gasteiger partial charge in [0.25, 0.3) is 11.5 Å². The number of amides is 1. The van der Waals surface area contributed by atoms with Gasteiger partial charge in [-0.3, -0.25) is 9.59 Å². The fraction of sp³-hybridized carbons (Fsp3) is 0.625. The van der Waals surface area contributed by atoms with Crippen LogP contribution in [0.2, 0.25) is 0 Å². The van der Waals surface area contributed by atoms with Crippen molar-refractivity contribution in [3.05, 3.63) is 33.2 Å². The van der Waals surface area contributed by atoms with Gasteiger partial charge in [0.15, 0.2) is 0 Å². The number of aryl methyl sites for hydroxylation is 2. The predicted molar refractivity (Wildman–Crippen MR) is 80.2 cm³/mol. The predicted octanol–water partition coefficient (Wildman–Crippen LogP) is 2.51. The van der Waals surface area contributed by atoms with E-state index in [2.05, 4.69) is 18.8 Å². The zero-order valence-corrected chi connectivity index (χ0v) is 12.7. The largest absolute Gasteiger partial charge is 0.336 e. The molecule has 4 heteroatoms. The summed E-state index contributed by atoms with van der Waals surface area (Å²) < 4.78 is 0. The number of carbonyl (C=O) groups excluding carboxylic acids is 1. The van der Waals surface area contributed by atoms with E-state index >= 15 is 0 Å². The van der Waals surface area contributed by atoms with Crippen LogP contribution in [0.5, 0.6) is 0 Å². The molecule has 0 unspecified atom stereocenters. The molecule has 2 heterocycles. The van der Waals surface area contributed by atoms with Crippen LogP contribution < -0.4 is 5.56 Å². The van der Waals surface area contributed by atoms with E-state index < -0.39 is 0 Å². The van der Waals surface area contributed by atoms with E-state index in [-0.39, 0.29) is 17.5 Å². The Morgan fingerprint density at radius 3 is 2.75 bits per heavy atom. The monoisotopic (exact) mass is 276 g/mol. The number of pyridine rings is 1. The Labute approximate surface area is 120 Å². The van der Waals surface area contributed by atoms with Gasteiger partial charge in [-0.25, -0.2) is 0 Å². The van der Waals surface area contributed by atoms with Crippen molar-refractivity contribution in [2.24, 2.45) is 0 Å². The van der Waals surface area contributed by atoms with E-state index in [1.54, 1.807) is 6.07 Å². The van der Waals surface area contributed by atoms with E-state index in [0.717, 1.165) is 49.9 Å². The normalized spacial score (nSPS) is 18.6. The van der Waals surface area contributed by atoms with Crippen molar-refractivity contribution in [2.45, 2.75) is 58.9 Å². The summed E-state index contributed by atoms with van der Waals surface area (Å²) in [6.45, 7) is 6.95. The average Bonchev–Trinajstić information content (AvgIpc) is 2.85. The van der Waals surface area contributed by atoms with E-state index in [9.17, 15) is 9.59 Å². The minimum absolute atomic E-state index is 0.117. The molecular weight excluding hydrogens is 252 g/mol. The van der Waals surface area contributed by atoms with Gasteiger partial charge in [-0.2, -0.15) is 0 Å². The molecule has 20 heavy (non-hydrogen) atoms. The second-order valence-corrected chi connectivity index (χ2v) is 5.61. The molecule has 1 aromatic rings. The lowest BCUT2D eigenvalue weighted by Gasteiger charge is -2.21. The fourth-order valence-electron chi connectivity index (χ4n) is 2.95. The quantitative estimate of drug-likeness (QED) is 0.918. The first-order chi connectivity index (χ1) is 9.58. The van der Waals surface area contributed by atoms with Gasteiger partial charge in [0.1, 0.15) is 5.56 Å². The number of hydrogen-bond acceptors (Lipinski definition) is 2. The molecule has 0 aliphatic carbocycles. The van der Waals surface area contributed by atoms with E-state index in [1.165, 1.54) is 0 Å². The first-order valence-electron chi connectivity index (χ1n) is 7.64. The number of rotatable bonds is 4. The molecule has 0 radical (unpaired) electrons. The molecule has 2 rings (SSSR count). The van der Waals surface area contributed by atoms with Gasteiger partial charge in [-0.15, -0.1) is 0 Å². The van der Waals surface area contributed by atoms with E-state index in [4.69, 9.17) is 0 Å². The second-order valence-electron chi connectivity index (χ2n) is 5.61. The van der Waals surface area contributed by atoms with Crippen LogP contribution in [0, 0.1) is 0 Å². The zero-order valence-electron chi connectivity index (χ0n) is 12.7. The molecule has 110 valence electrons. The summed E-state index contributed by atoms with van der Waals surface area (Å²) in [5.41, 5.74) is 2.12. The molecule has 0 saturated carbocycles. The molecule has 1 aliphatic rings. The Morgan fingerprint density at radius 1 is 1.45 bits per heavy atom. The van der Waals surface area contributed by atoms with Crippen molar-refractivity contribution in [3.8, 4) is 0 Å². The third-order valence-corrected chi connectivity index (χ3v) is 4.14. The van der Waals surface area contributed by atoms with Gasteiger partial charge >= 0.3 is 0 Å². The molecule has 1 aliphatic heterocycles. The molecule has 0 aromatic carbocycles. The number of hydrogen-bond donors (Lipinski definition) is 1. The fourth-order valence-corrected chi connectivity index (χ4v) is 2.95. The van der Waals surface area contributed by atoms with Crippen molar-refractivity contribution >= 4 is 5.91 Å². The maximum atomic E-state index is 12.5. The van der Waals surface area contributed by atoms with Gasteiger partial charge in [-0.05, 0) is 44.2 Å². The van der Waals surface area contributed by atoms with Crippen molar-refractivity contribution in [1.29, 1.82) is 0 Å². The smallest absolute Gasteiger partial charge is 0.261 e. The van der Waals surface area contributed by atoms with Crippen molar-refractivity contribution in [2.75, 3.05) is 6.54 Å². The highest BCUT2D eigenvalue weighted by Gasteiger charge is 2.28. The summed E-state index contributed by atoms with van der Waals surface area (Å²) in [5.74, 6) is -0.117. The van der Waals surface area contributed by atoms with E-state index in [1.807, 2.05) is 11.8 Å². The highest BCUT2D eigenvalue weighted by Crippen LogP contribution is 2.19. The number of likely N-dealkylation sites (tertiary alicyclic amines) is 1. The van der Waals surface area contributed by atoms with Crippen LogP contribution in [-0.2, 0) is 12.8 Å². The van der Waals surface area contributed by atoms with Gasteiger partial charge in [0.05, 0.1) is 0 Å². The van der Waals surface area contributed by atoms with Crippen LogP contribution in [0.1, 0.15) is 61.6 Å². The standard InChI is InChI=1S/C16H24N2O2/c1-4-7-14-12(5-2)10-13(15(19)17-14)16(20)18-9-6-8-11(18)3/h10-11H,4-9H2,1-3H3,(H,17,19)/t11-/m1/s1. The van der Waals surface area contributed by atoms with Gasteiger partial charge in [-0.1, -0.05) is 20.3 Å². The first-order valence-corrected chi connectivity index (χ1v) is 7.64. The topological polar surface area (TPSA) is 53.2 Å². The summed E-state index contributed by atoms with van der Waals surface area (Å²) in [4.78, 5) is 29.4. The first kappa shape index (κ1) is 14.8. The number of H-pyrrole nitrogens is 1. The van der Waals surface area contributed by atoms with Crippen molar-refractivity contribution in [1.82, 2.24) is 9.88 Å². The lowest BCUT2D eigenvalue weighted by molar-refractivity contribution is 0.0745. The lowest BCUT2D eigenvalue weighted by atomic mass is 10.0. The summed E-state index contributed by atoms with van der Waals surface area (Å²) in [7, 11) is 0.